The van der Waals surface area contributed by atoms with E-state index < -0.39 is 21.5 Å². The van der Waals surface area contributed by atoms with Gasteiger partial charge in [0.25, 0.3) is 0 Å². The van der Waals surface area contributed by atoms with Crippen molar-refractivity contribution in [1.82, 2.24) is 5.32 Å². The molecule has 0 aliphatic carbocycles. The topological polar surface area (TPSA) is 72.5 Å². The Hall–Kier alpha value is -1.56. The monoisotopic (exact) mass is 299 g/mol. The Bertz CT molecular complexity index is 532. The van der Waals surface area contributed by atoms with Gasteiger partial charge in [0.05, 0.1) is 11.5 Å². The summed E-state index contributed by atoms with van der Waals surface area (Å²) in [4.78, 5) is 11.4. The number of hydrogen-bond donors (Lipinski definition) is 1. The summed E-state index contributed by atoms with van der Waals surface area (Å²) < 4.78 is 28.8. The maximum absolute atomic E-state index is 11.9. The second-order valence-corrected chi connectivity index (χ2v) is 7.69. The van der Waals surface area contributed by atoms with Crippen molar-refractivity contribution in [2.75, 3.05) is 12.3 Å². The normalized spacial score (nSPS) is 11.9. The van der Waals surface area contributed by atoms with Gasteiger partial charge >= 0.3 is 6.09 Å². The van der Waals surface area contributed by atoms with E-state index in [0.717, 1.165) is 5.56 Å². The van der Waals surface area contributed by atoms with Crippen LogP contribution in [0.2, 0.25) is 0 Å². The first-order valence-corrected chi connectivity index (χ1v) is 8.21. The number of nitrogens with one attached hydrogen (secondary N) is 1. The molecule has 112 valence electrons. The van der Waals surface area contributed by atoms with Crippen LogP contribution in [0.1, 0.15) is 26.3 Å². The summed E-state index contributed by atoms with van der Waals surface area (Å²) >= 11 is 0. The van der Waals surface area contributed by atoms with Crippen molar-refractivity contribution in [3.63, 3.8) is 0 Å². The lowest BCUT2D eigenvalue weighted by molar-refractivity contribution is 0.0531. The maximum atomic E-state index is 11.9. The molecule has 0 bridgehead atoms. The molecule has 6 heteroatoms. The third kappa shape index (κ3) is 7.13. The molecule has 0 aromatic heterocycles. The molecule has 0 atom stereocenters. The Balaban J connectivity index is 2.39. The summed E-state index contributed by atoms with van der Waals surface area (Å²) in [5, 5.41) is 2.44. The van der Waals surface area contributed by atoms with Crippen molar-refractivity contribution in [3.05, 3.63) is 35.9 Å². The third-order valence-corrected chi connectivity index (χ3v) is 3.91. The van der Waals surface area contributed by atoms with Crippen LogP contribution in [-0.4, -0.2) is 32.4 Å². The molecule has 0 saturated carbocycles. The van der Waals surface area contributed by atoms with Gasteiger partial charge in [0, 0.05) is 6.54 Å². The zero-order chi connectivity index (χ0) is 15.2. The molecule has 0 aliphatic heterocycles. The van der Waals surface area contributed by atoms with Gasteiger partial charge in [-0.15, -0.1) is 0 Å². The average molecular weight is 299 g/mol. The molecule has 1 N–H and O–H groups in total. The second-order valence-electron chi connectivity index (χ2n) is 5.51. The van der Waals surface area contributed by atoms with Crippen molar-refractivity contribution < 1.29 is 17.9 Å². The highest BCUT2D eigenvalue weighted by atomic mass is 32.2. The molecule has 1 rings (SSSR count). The molecular formula is C14H21NO4S. The van der Waals surface area contributed by atoms with E-state index >= 15 is 0 Å². The summed E-state index contributed by atoms with van der Waals surface area (Å²) in [6, 6.07) is 8.95. The van der Waals surface area contributed by atoms with Crippen molar-refractivity contribution in [2.24, 2.45) is 0 Å². The van der Waals surface area contributed by atoms with Crippen LogP contribution in [0.15, 0.2) is 30.3 Å². The fraction of sp³-hybridized carbons (Fsp3) is 0.500. The Kier molecular flexibility index (Phi) is 5.56. The van der Waals surface area contributed by atoms with E-state index in [1.165, 1.54) is 0 Å². The van der Waals surface area contributed by atoms with E-state index in [2.05, 4.69) is 5.32 Å². The summed E-state index contributed by atoms with van der Waals surface area (Å²) in [5.74, 6) is -0.134. The largest absolute Gasteiger partial charge is 0.444 e. The number of carbonyl (C=O) groups is 1. The molecule has 1 aromatic rings. The minimum atomic E-state index is -3.24. The number of alkyl carbamates (subject to hydrolysis) is 1. The number of benzene rings is 1. The van der Waals surface area contributed by atoms with Crippen LogP contribution < -0.4 is 5.32 Å². The fourth-order valence-electron chi connectivity index (χ4n) is 1.52. The first-order chi connectivity index (χ1) is 9.18. The summed E-state index contributed by atoms with van der Waals surface area (Å²) in [6.45, 7) is 5.29. The molecule has 0 spiro atoms. The second kappa shape index (κ2) is 6.74. The number of amides is 1. The van der Waals surface area contributed by atoms with Crippen molar-refractivity contribution >= 4 is 15.9 Å². The SMILES string of the molecule is CC(C)(C)OC(=O)NCCS(=O)(=O)Cc1ccccc1. The molecule has 0 unspecified atom stereocenters. The predicted octanol–water partition coefficient (Wildman–Crippen LogP) is 2.13. The number of carbonyl (C=O) groups excluding carboxylic acids is 1. The van der Waals surface area contributed by atoms with Gasteiger partial charge in [-0.1, -0.05) is 30.3 Å². The van der Waals surface area contributed by atoms with E-state index in [1.807, 2.05) is 6.07 Å². The van der Waals surface area contributed by atoms with E-state index in [9.17, 15) is 13.2 Å². The molecule has 5 nitrogen and oxygen atoms in total. The van der Waals surface area contributed by atoms with Crippen LogP contribution in [0.4, 0.5) is 4.79 Å². The van der Waals surface area contributed by atoms with Gasteiger partial charge in [0.1, 0.15) is 5.60 Å². The van der Waals surface area contributed by atoms with Gasteiger partial charge in [0.15, 0.2) is 9.84 Å². The standard InChI is InChI=1S/C14H21NO4S/c1-14(2,3)19-13(16)15-9-10-20(17,18)11-12-7-5-4-6-8-12/h4-8H,9-11H2,1-3H3,(H,15,16). The van der Waals surface area contributed by atoms with Gasteiger partial charge in [0.2, 0.25) is 0 Å². The summed E-state index contributed by atoms with van der Waals surface area (Å²) in [6.07, 6.45) is -0.604. The molecule has 0 saturated heterocycles. The molecule has 0 fully saturated rings. The molecular weight excluding hydrogens is 278 g/mol. The Morgan fingerprint density at radius 1 is 1.20 bits per heavy atom. The van der Waals surface area contributed by atoms with Gasteiger partial charge in [-0.25, -0.2) is 13.2 Å². The Morgan fingerprint density at radius 2 is 1.80 bits per heavy atom. The van der Waals surface area contributed by atoms with E-state index in [0.29, 0.717) is 0 Å². The minimum Gasteiger partial charge on any atom is -0.444 e. The van der Waals surface area contributed by atoms with E-state index in [-0.39, 0.29) is 18.1 Å². The zero-order valence-electron chi connectivity index (χ0n) is 12.0. The highest BCUT2D eigenvalue weighted by Gasteiger charge is 2.17. The average Bonchev–Trinajstić information content (AvgIpc) is 2.26. The minimum absolute atomic E-state index is 0.0240. The lowest BCUT2D eigenvalue weighted by atomic mass is 10.2. The summed E-state index contributed by atoms with van der Waals surface area (Å²) in [7, 11) is -3.24. The van der Waals surface area contributed by atoms with Gasteiger partial charge < -0.3 is 10.1 Å². The third-order valence-electron chi connectivity index (χ3n) is 2.31. The maximum Gasteiger partial charge on any atom is 0.407 e. The highest BCUT2D eigenvalue weighted by molar-refractivity contribution is 7.90. The lowest BCUT2D eigenvalue weighted by Gasteiger charge is -2.19. The zero-order valence-corrected chi connectivity index (χ0v) is 12.9. The van der Waals surface area contributed by atoms with Crippen LogP contribution >= 0.6 is 0 Å². The Morgan fingerprint density at radius 3 is 2.35 bits per heavy atom. The first kappa shape index (κ1) is 16.5. The first-order valence-electron chi connectivity index (χ1n) is 6.39. The van der Waals surface area contributed by atoms with Gasteiger partial charge in [-0.2, -0.15) is 0 Å². The lowest BCUT2D eigenvalue weighted by Crippen LogP contribution is -2.35. The van der Waals surface area contributed by atoms with Crippen molar-refractivity contribution in [2.45, 2.75) is 32.1 Å². The molecule has 1 amide bonds. The molecule has 0 heterocycles. The summed E-state index contributed by atoms with van der Waals surface area (Å²) in [5.41, 5.74) is 0.150. The predicted molar refractivity (Wildman–Crippen MR) is 78.2 cm³/mol. The number of rotatable bonds is 5. The van der Waals surface area contributed by atoms with Crippen molar-refractivity contribution in [3.8, 4) is 0 Å². The van der Waals surface area contributed by atoms with Crippen LogP contribution in [0.25, 0.3) is 0 Å². The van der Waals surface area contributed by atoms with Crippen LogP contribution in [-0.2, 0) is 20.3 Å². The molecule has 0 aliphatic rings. The molecule has 1 aromatic carbocycles. The quantitative estimate of drug-likeness (QED) is 0.904. The van der Waals surface area contributed by atoms with Crippen molar-refractivity contribution in [1.29, 1.82) is 0 Å². The Labute approximate surface area is 120 Å². The van der Waals surface area contributed by atoms with Gasteiger partial charge in [-0.05, 0) is 26.3 Å². The van der Waals surface area contributed by atoms with E-state index in [1.54, 1.807) is 45.0 Å². The fourth-order valence-corrected chi connectivity index (χ4v) is 2.78. The molecule has 20 heavy (non-hydrogen) atoms. The van der Waals surface area contributed by atoms with Crippen LogP contribution in [0, 0.1) is 0 Å². The number of sulfone groups is 1. The van der Waals surface area contributed by atoms with Crippen LogP contribution in [0.5, 0.6) is 0 Å². The van der Waals surface area contributed by atoms with E-state index in [4.69, 9.17) is 4.74 Å². The smallest absolute Gasteiger partial charge is 0.407 e. The highest BCUT2D eigenvalue weighted by Crippen LogP contribution is 2.07. The van der Waals surface area contributed by atoms with Crippen LogP contribution in [0.3, 0.4) is 0 Å². The number of ether oxygens (including phenoxy) is 1. The van der Waals surface area contributed by atoms with Gasteiger partial charge in [-0.3, -0.25) is 0 Å². The number of hydrogen-bond acceptors (Lipinski definition) is 4. The molecule has 0 radical (unpaired) electrons.